The van der Waals surface area contributed by atoms with E-state index in [1.54, 1.807) is 19.2 Å². The van der Waals surface area contributed by atoms with Crippen LogP contribution in [0.1, 0.15) is 5.69 Å². The van der Waals surface area contributed by atoms with Gasteiger partial charge in [0.05, 0.1) is 7.11 Å². The number of benzene rings is 1. The highest BCUT2D eigenvalue weighted by Crippen LogP contribution is 2.28. The molecule has 0 amide bonds. The Balaban J connectivity index is 2.28. The van der Waals surface area contributed by atoms with Gasteiger partial charge in [-0.15, -0.1) is 0 Å². The molecule has 0 aliphatic rings. The number of nitrogens with zero attached hydrogens (tertiary/aromatic N) is 2. The van der Waals surface area contributed by atoms with Crippen molar-refractivity contribution in [3.63, 3.8) is 0 Å². The van der Waals surface area contributed by atoms with Crippen LogP contribution in [0.4, 0.5) is 0 Å². The second-order valence-corrected chi connectivity index (χ2v) is 3.39. The van der Waals surface area contributed by atoms with Gasteiger partial charge >= 0.3 is 6.01 Å². The third kappa shape index (κ3) is 2.54. The van der Waals surface area contributed by atoms with E-state index in [4.69, 9.17) is 20.6 Å². The largest absolute Gasteiger partial charge is 0.493 e. The predicted molar refractivity (Wildman–Crippen MR) is 66.1 cm³/mol. The number of rotatable bonds is 4. The van der Waals surface area contributed by atoms with Crippen molar-refractivity contribution in [2.75, 3.05) is 7.11 Å². The number of ether oxygens (including phenoxy) is 2. The molecule has 0 saturated heterocycles. The van der Waals surface area contributed by atoms with Crippen molar-refractivity contribution in [1.29, 1.82) is 5.41 Å². The van der Waals surface area contributed by atoms with Crippen molar-refractivity contribution in [2.24, 2.45) is 5.73 Å². The molecule has 6 heteroatoms. The fourth-order valence-electron chi connectivity index (χ4n) is 1.34. The maximum atomic E-state index is 7.30. The van der Waals surface area contributed by atoms with E-state index in [9.17, 15) is 0 Å². The van der Waals surface area contributed by atoms with Crippen LogP contribution < -0.4 is 15.2 Å². The maximum Gasteiger partial charge on any atom is 0.322 e. The van der Waals surface area contributed by atoms with Crippen LogP contribution in [0, 0.1) is 5.41 Å². The molecule has 0 aliphatic heterocycles. The quantitative estimate of drug-likeness (QED) is 0.628. The van der Waals surface area contributed by atoms with Crippen molar-refractivity contribution in [3.05, 3.63) is 42.2 Å². The lowest BCUT2D eigenvalue weighted by Gasteiger charge is -2.08. The molecule has 6 nitrogen and oxygen atoms in total. The first-order valence-electron chi connectivity index (χ1n) is 5.19. The lowest BCUT2D eigenvalue weighted by molar-refractivity contribution is 0.368. The second-order valence-electron chi connectivity index (χ2n) is 3.39. The molecule has 0 radical (unpaired) electrons. The molecule has 1 aromatic carbocycles. The average Bonchev–Trinajstić information content (AvgIpc) is 2.39. The molecule has 0 aliphatic carbocycles. The smallest absolute Gasteiger partial charge is 0.322 e. The summed E-state index contributed by atoms with van der Waals surface area (Å²) in [7, 11) is 1.55. The van der Waals surface area contributed by atoms with E-state index < -0.39 is 0 Å². The topological polar surface area (TPSA) is 94.1 Å². The Kier molecular flexibility index (Phi) is 3.38. The number of amidine groups is 1. The first-order chi connectivity index (χ1) is 8.70. The Morgan fingerprint density at radius 1 is 1.22 bits per heavy atom. The fraction of sp³-hybridized carbons (Fsp3) is 0.0833. The third-order valence-electron chi connectivity index (χ3n) is 2.18. The Hall–Kier alpha value is -2.63. The molecule has 0 saturated carbocycles. The van der Waals surface area contributed by atoms with Crippen molar-refractivity contribution in [2.45, 2.75) is 0 Å². The monoisotopic (exact) mass is 244 g/mol. The molecule has 3 N–H and O–H groups in total. The summed E-state index contributed by atoms with van der Waals surface area (Å²) in [5, 5.41) is 7.30. The molecule has 18 heavy (non-hydrogen) atoms. The van der Waals surface area contributed by atoms with Gasteiger partial charge in [0.15, 0.2) is 11.5 Å². The molecule has 1 heterocycles. The molecule has 0 fully saturated rings. The number of nitrogens with one attached hydrogen (secondary N) is 1. The number of nitrogens with two attached hydrogens (primary N) is 1. The molecule has 2 aromatic rings. The van der Waals surface area contributed by atoms with Crippen molar-refractivity contribution in [1.82, 2.24) is 9.97 Å². The number of hydrogen-bond acceptors (Lipinski definition) is 5. The molecule has 0 bridgehead atoms. The Labute approximate surface area is 104 Å². The molecular formula is C12H12N4O2. The Bertz CT molecular complexity index is 572. The molecule has 92 valence electrons. The standard InChI is InChI=1S/C12H12N4O2/c1-17-9-4-2-3-5-10(9)18-12-15-7-6-8(16-12)11(13)14/h2-7H,1H3,(H3,13,14). The molecule has 2 rings (SSSR count). The summed E-state index contributed by atoms with van der Waals surface area (Å²) < 4.78 is 10.6. The van der Waals surface area contributed by atoms with Gasteiger partial charge in [0.1, 0.15) is 11.5 Å². The van der Waals surface area contributed by atoms with E-state index in [0.29, 0.717) is 17.2 Å². The van der Waals surface area contributed by atoms with Crippen molar-refractivity contribution < 1.29 is 9.47 Å². The molecule has 0 spiro atoms. The van der Waals surface area contributed by atoms with Gasteiger partial charge in [0.2, 0.25) is 0 Å². The van der Waals surface area contributed by atoms with Crippen LogP contribution in [-0.2, 0) is 0 Å². The highest BCUT2D eigenvalue weighted by atomic mass is 16.5. The van der Waals surface area contributed by atoms with Crippen LogP contribution in [0.15, 0.2) is 36.5 Å². The summed E-state index contributed by atoms with van der Waals surface area (Å²) in [5.74, 6) is 0.942. The van der Waals surface area contributed by atoms with Crippen LogP contribution in [0.2, 0.25) is 0 Å². The lowest BCUT2D eigenvalue weighted by Crippen LogP contribution is -2.13. The van der Waals surface area contributed by atoms with Crippen LogP contribution in [0.25, 0.3) is 0 Å². The van der Waals surface area contributed by atoms with Crippen LogP contribution in [-0.4, -0.2) is 22.9 Å². The number of hydrogen-bond donors (Lipinski definition) is 2. The van der Waals surface area contributed by atoms with E-state index in [-0.39, 0.29) is 11.8 Å². The molecule has 0 atom stereocenters. The van der Waals surface area contributed by atoms with Crippen LogP contribution in [0.5, 0.6) is 17.5 Å². The minimum atomic E-state index is -0.137. The van der Waals surface area contributed by atoms with Gasteiger partial charge in [0, 0.05) is 6.20 Å². The lowest BCUT2D eigenvalue weighted by atomic mass is 10.3. The number of aromatic nitrogens is 2. The summed E-state index contributed by atoms with van der Waals surface area (Å²) in [6, 6.07) is 8.81. The maximum absolute atomic E-state index is 7.30. The zero-order chi connectivity index (χ0) is 13.0. The minimum absolute atomic E-state index is 0.118. The van der Waals surface area contributed by atoms with Crippen molar-refractivity contribution >= 4 is 5.84 Å². The van der Waals surface area contributed by atoms with Gasteiger partial charge in [-0.05, 0) is 18.2 Å². The van der Waals surface area contributed by atoms with E-state index in [0.717, 1.165) is 0 Å². The summed E-state index contributed by atoms with van der Waals surface area (Å²) >= 11 is 0. The average molecular weight is 244 g/mol. The molecule has 1 aromatic heterocycles. The van der Waals surface area contributed by atoms with Gasteiger partial charge in [-0.3, -0.25) is 5.41 Å². The molecule has 0 unspecified atom stereocenters. The minimum Gasteiger partial charge on any atom is -0.493 e. The first-order valence-corrected chi connectivity index (χ1v) is 5.19. The number of nitrogen functional groups attached to an aromatic ring is 1. The second kappa shape index (κ2) is 5.13. The predicted octanol–water partition coefficient (Wildman–Crippen LogP) is 1.56. The zero-order valence-electron chi connectivity index (χ0n) is 9.75. The fourth-order valence-corrected chi connectivity index (χ4v) is 1.34. The van der Waals surface area contributed by atoms with Crippen LogP contribution in [0.3, 0.4) is 0 Å². The van der Waals surface area contributed by atoms with Crippen molar-refractivity contribution in [3.8, 4) is 17.5 Å². The first kappa shape index (κ1) is 11.8. The van der Waals surface area contributed by atoms with Gasteiger partial charge in [-0.2, -0.15) is 4.98 Å². The Morgan fingerprint density at radius 2 is 1.94 bits per heavy atom. The van der Waals surface area contributed by atoms with E-state index in [1.165, 1.54) is 12.3 Å². The number of para-hydroxylation sites is 2. The number of methoxy groups -OCH3 is 1. The third-order valence-corrected chi connectivity index (χ3v) is 2.18. The van der Waals surface area contributed by atoms with Crippen LogP contribution >= 0.6 is 0 Å². The van der Waals surface area contributed by atoms with E-state index in [2.05, 4.69) is 9.97 Å². The highest BCUT2D eigenvalue weighted by Gasteiger charge is 2.07. The highest BCUT2D eigenvalue weighted by molar-refractivity contribution is 5.92. The van der Waals surface area contributed by atoms with Gasteiger partial charge in [0.25, 0.3) is 0 Å². The summed E-state index contributed by atoms with van der Waals surface area (Å²) in [4.78, 5) is 7.96. The molecular weight excluding hydrogens is 232 g/mol. The Morgan fingerprint density at radius 3 is 2.61 bits per heavy atom. The summed E-state index contributed by atoms with van der Waals surface area (Å²) in [6.07, 6.45) is 1.48. The van der Waals surface area contributed by atoms with Gasteiger partial charge in [-0.1, -0.05) is 12.1 Å². The van der Waals surface area contributed by atoms with E-state index >= 15 is 0 Å². The normalized spacial score (nSPS) is 9.83. The van der Waals surface area contributed by atoms with Gasteiger partial charge < -0.3 is 15.2 Å². The SMILES string of the molecule is COc1ccccc1Oc1nccc(C(=N)N)n1. The van der Waals surface area contributed by atoms with Gasteiger partial charge in [-0.25, -0.2) is 4.98 Å². The zero-order valence-corrected chi connectivity index (χ0v) is 9.75. The summed E-state index contributed by atoms with van der Waals surface area (Å²) in [6.45, 7) is 0. The van der Waals surface area contributed by atoms with E-state index in [1.807, 2.05) is 12.1 Å². The summed E-state index contributed by atoms with van der Waals surface area (Å²) in [5.41, 5.74) is 5.66.